The SMILES string of the molecule is C#Cc1cccc(CN2CCN(CC(=O)O)CCN(Cc3cc(-c4ccccc4)cc(Cn4cc(-c5cccc(CN6CCN(CC(=O)O)CCN(Cc7cc(-c8ccccc8)cc(CN=[N+]=[N-])n7)CCN(CC(=O)O)CC6)n5)nn4)n3)CCN(CC(=O)O)CC2)n1. The van der Waals surface area contributed by atoms with Gasteiger partial charge in [-0.1, -0.05) is 89.0 Å². The highest BCUT2D eigenvalue weighted by molar-refractivity contribution is 5.70. The number of carboxylic acid groups (broad SMARTS) is 4. The van der Waals surface area contributed by atoms with E-state index in [2.05, 4.69) is 56.9 Å². The van der Waals surface area contributed by atoms with Crippen molar-refractivity contribution in [1.29, 1.82) is 0 Å². The third kappa shape index (κ3) is 21.7. The molecule has 26 heteroatoms. The zero-order valence-corrected chi connectivity index (χ0v) is 51.6. The van der Waals surface area contributed by atoms with E-state index in [1.165, 1.54) is 0 Å². The van der Waals surface area contributed by atoms with Gasteiger partial charge in [-0.05, 0) is 76.3 Å². The van der Waals surface area contributed by atoms with Crippen LogP contribution < -0.4 is 0 Å². The van der Waals surface area contributed by atoms with Gasteiger partial charge >= 0.3 is 23.9 Å². The molecule has 2 saturated heterocycles. The molecular weight excluding hydrogens is 1170 g/mol. The maximum Gasteiger partial charge on any atom is 0.317 e. The van der Waals surface area contributed by atoms with Gasteiger partial charge in [0, 0.05) is 142 Å². The lowest BCUT2D eigenvalue weighted by molar-refractivity contribution is -0.139. The van der Waals surface area contributed by atoms with Crippen LogP contribution in [-0.2, 0) is 58.4 Å². The summed E-state index contributed by atoms with van der Waals surface area (Å²) in [4.78, 5) is 88.0. The first kappa shape index (κ1) is 67.0. The second-order valence-corrected chi connectivity index (χ2v) is 23.1. The minimum Gasteiger partial charge on any atom is -0.480 e. The average Bonchev–Trinajstić information content (AvgIpc) is 2.03. The van der Waals surface area contributed by atoms with Gasteiger partial charge in [0.2, 0.25) is 0 Å². The first-order valence-electron chi connectivity index (χ1n) is 30.7. The predicted octanol–water partition coefficient (Wildman–Crippen LogP) is 4.88. The zero-order chi connectivity index (χ0) is 64.6. The number of aliphatic carboxylic acids is 4. The molecule has 7 heterocycles. The van der Waals surface area contributed by atoms with Gasteiger partial charge in [0.1, 0.15) is 11.4 Å². The molecule has 0 aliphatic carbocycles. The summed E-state index contributed by atoms with van der Waals surface area (Å²) < 4.78 is 1.71. The molecule has 2 aliphatic rings. The van der Waals surface area contributed by atoms with E-state index in [9.17, 15) is 39.6 Å². The summed E-state index contributed by atoms with van der Waals surface area (Å²) in [6.45, 7) is 8.78. The monoisotopic (exact) mass is 1250 g/mol. The van der Waals surface area contributed by atoms with Crippen molar-refractivity contribution in [2.24, 2.45) is 5.11 Å². The second-order valence-electron chi connectivity index (χ2n) is 23.1. The van der Waals surface area contributed by atoms with Crippen LogP contribution in [0.1, 0.15) is 39.9 Å². The summed E-state index contributed by atoms with van der Waals surface area (Å²) in [5.74, 6) is -1.17. The Kier molecular flexibility index (Phi) is 24.9. The molecule has 26 nitrogen and oxygen atoms in total. The van der Waals surface area contributed by atoms with Gasteiger partial charge in [0.05, 0.1) is 79.6 Å². The summed E-state index contributed by atoms with van der Waals surface area (Å²) in [5.41, 5.74) is 18.9. The number of hydrogen-bond acceptors (Lipinski definition) is 19. The topological polar surface area (TPSA) is 306 Å². The van der Waals surface area contributed by atoms with Crippen LogP contribution in [0.15, 0.2) is 133 Å². The number of hydrogen-bond donors (Lipinski definition) is 4. The number of pyridine rings is 4. The third-order valence-electron chi connectivity index (χ3n) is 16.1. The fourth-order valence-electron chi connectivity index (χ4n) is 11.4. The number of benzene rings is 2. The molecule has 2 aliphatic heterocycles. The average molecular weight is 1250 g/mol. The molecular formula is C66H78N18O8. The van der Waals surface area contributed by atoms with Crippen LogP contribution in [0.5, 0.6) is 0 Å². The van der Waals surface area contributed by atoms with E-state index in [4.69, 9.17) is 26.9 Å². The van der Waals surface area contributed by atoms with E-state index < -0.39 is 23.9 Å². The van der Waals surface area contributed by atoms with Gasteiger partial charge in [-0.15, -0.1) is 11.5 Å². The standard InChI is InChI=1S/C66H78N18O8/c1-2-54-15-9-16-55(69-54)40-76-19-27-80(46-63(85)86)33-25-79(26-34-81(28-20-76)47-64(87)88)43-59-37-53(51-13-7-4-8-14-51)38-60(71-59)44-84-45-62(73-75-84)61-18-10-17-56(72-61)41-77-21-29-82(48-65(89)90)31-23-78(24-32-83(30-22-77)49-66(91)92)42-58-36-52(50-11-5-3-6-12-50)35-57(70-58)39-68-74-67/h1,3-18,35-38,45H,19-34,39-44,46-49H2,(H,85,86)(H,87,88)(H,89,90)(H,91,92). The van der Waals surface area contributed by atoms with Crippen LogP contribution in [0.4, 0.5) is 0 Å². The van der Waals surface area contributed by atoms with Crippen LogP contribution >= 0.6 is 0 Å². The Labute approximate surface area is 534 Å². The van der Waals surface area contributed by atoms with Crippen molar-refractivity contribution in [1.82, 2.24) is 74.1 Å². The Morgan fingerprint density at radius 2 is 0.793 bits per heavy atom. The van der Waals surface area contributed by atoms with E-state index in [1.54, 1.807) is 10.7 Å². The molecule has 0 atom stereocenters. The Morgan fingerprint density at radius 3 is 1.21 bits per heavy atom. The van der Waals surface area contributed by atoms with E-state index in [-0.39, 0.29) is 39.3 Å². The summed E-state index contributed by atoms with van der Waals surface area (Å²) in [6, 6.07) is 39.0. The van der Waals surface area contributed by atoms with Crippen molar-refractivity contribution in [2.45, 2.75) is 39.3 Å². The lowest BCUT2D eigenvalue weighted by Crippen LogP contribution is -2.47. The number of terminal acetylenes is 1. The van der Waals surface area contributed by atoms with Crippen LogP contribution in [0.3, 0.4) is 0 Å². The number of nitrogens with zero attached hydrogens (tertiary/aromatic N) is 18. The lowest BCUT2D eigenvalue weighted by Gasteiger charge is -2.33. The molecule has 4 N–H and O–H groups in total. The van der Waals surface area contributed by atoms with Crippen molar-refractivity contribution in [2.75, 3.05) is 131 Å². The molecule has 480 valence electrons. The van der Waals surface area contributed by atoms with Crippen molar-refractivity contribution in [3.05, 3.63) is 178 Å². The largest absolute Gasteiger partial charge is 0.480 e. The van der Waals surface area contributed by atoms with Gasteiger partial charge in [0.15, 0.2) is 0 Å². The quantitative estimate of drug-likeness (QED) is 0.0287. The molecule has 5 aromatic heterocycles. The van der Waals surface area contributed by atoms with Gasteiger partial charge < -0.3 is 20.4 Å². The zero-order valence-electron chi connectivity index (χ0n) is 51.6. The fraction of sp³-hybridized carbons (Fsp3) is 0.394. The smallest absolute Gasteiger partial charge is 0.317 e. The first-order chi connectivity index (χ1) is 44.7. The molecule has 0 spiro atoms. The van der Waals surface area contributed by atoms with Crippen molar-refractivity contribution < 1.29 is 39.6 Å². The molecule has 0 bridgehead atoms. The highest BCUT2D eigenvalue weighted by Gasteiger charge is 2.24. The van der Waals surface area contributed by atoms with E-state index in [0.29, 0.717) is 154 Å². The van der Waals surface area contributed by atoms with E-state index in [0.717, 1.165) is 50.7 Å². The Hall–Kier alpha value is -9.39. The Bertz CT molecular complexity index is 3610. The maximum absolute atomic E-state index is 12.3. The highest BCUT2D eigenvalue weighted by atomic mass is 16.4. The maximum atomic E-state index is 12.3. The molecule has 2 aromatic carbocycles. The summed E-state index contributed by atoms with van der Waals surface area (Å²) in [5, 5.41) is 53.0. The minimum atomic E-state index is -0.947. The molecule has 0 radical (unpaired) electrons. The number of carboxylic acids is 4. The molecule has 92 heavy (non-hydrogen) atoms. The minimum absolute atomic E-state index is 0.0727. The Balaban J connectivity index is 0.893. The second kappa shape index (κ2) is 34.2. The third-order valence-corrected chi connectivity index (χ3v) is 16.1. The molecule has 0 amide bonds. The van der Waals surface area contributed by atoms with Crippen LogP contribution in [0.25, 0.3) is 44.1 Å². The number of rotatable bonds is 23. The van der Waals surface area contributed by atoms with Crippen molar-refractivity contribution >= 4 is 23.9 Å². The molecule has 0 unspecified atom stereocenters. The number of azide groups is 1. The van der Waals surface area contributed by atoms with Gasteiger partial charge in [-0.25, -0.2) is 14.6 Å². The molecule has 9 rings (SSSR count). The highest BCUT2D eigenvalue weighted by Crippen LogP contribution is 2.25. The first-order valence-corrected chi connectivity index (χ1v) is 30.7. The van der Waals surface area contributed by atoms with Gasteiger partial charge in [-0.2, -0.15) is 0 Å². The number of carbonyl (C=O) groups is 4. The van der Waals surface area contributed by atoms with Crippen molar-refractivity contribution in [3.63, 3.8) is 0 Å². The predicted molar refractivity (Wildman–Crippen MR) is 344 cm³/mol. The van der Waals surface area contributed by atoms with E-state index in [1.807, 2.05) is 135 Å². The van der Waals surface area contributed by atoms with Crippen molar-refractivity contribution in [3.8, 4) is 46.0 Å². The normalized spacial score (nSPS) is 16.4. The molecule has 0 saturated carbocycles. The van der Waals surface area contributed by atoms with Crippen LogP contribution in [0.2, 0.25) is 0 Å². The number of aromatic nitrogens is 7. The summed E-state index contributed by atoms with van der Waals surface area (Å²) in [7, 11) is 0. The van der Waals surface area contributed by atoms with Crippen LogP contribution in [-0.4, -0.2) is 249 Å². The fourth-order valence-corrected chi connectivity index (χ4v) is 11.4. The van der Waals surface area contributed by atoms with Gasteiger partial charge in [0.25, 0.3) is 0 Å². The van der Waals surface area contributed by atoms with Gasteiger partial charge in [-0.3, -0.25) is 68.3 Å². The molecule has 2 fully saturated rings. The van der Waals surface area contributed by atoms with Crippen LogP contribution in [0, 0.1) is 12.3 Å². The van der Waals surface area contributed by atoms with E-state index >= 15 is 0 Å². The Morgan fingerprint density at radius 1 is 0.424 bits per heavy atom. The summed E-state index contributed by atoms with van der Waals surface area (Å²) >= 11 is 0. The summed E-state index contributed by atoms with van der Waals surface area (Å²) in [6.07, 6.45) is 7.47. The molecule has 7 aromatic rings. The lowest BCUT2D eigenvalue weighted by atomic mass is 10.0.